The molecule has 28 heavy (non-hydrogen) atoms. The highest BCUT2D eigenvalue weighted by molar-refractivity contribution is 6.02. The van der Waals surface area contributed by atoms with Crippen LogP contribution in [0.15, 0.2) is 78.9 Å². The average molecular weight is 377 g/mol. The fraction of sp³-hybridized carbons (Fsp3) is 0.0435. The van der Waals surface area contributed by atoms with Gasteiger partial charge in [0.2, 0.25) is 5.91 Å². The minimum Gasteiger partial charge on any atom is -0.323 e. The van der Waals surface area contributed by atoms with Crippen molar-refractivity contribution in [2.75, 3.05) is 5.32 Å². The number of carbonyl (C=O) groups is 2. The number of nitrogens with one attached hydrogen (secondary N) is 1. The van der Waals surface area contributed by atoms with Gasteiger partial charge in [0.25, 0.3) is 0 Å². The fourth-order valence-electron chi connectivity index (χ4n) is 2.64. The van der Waals surface area contributed by atoms with Crippen LogP contribution in [-0.2, 0) is 11.2 Å². The molecule has 0 radical (unpaired) electrons. The zero-order valence-corrected chi connectivity index (χ0v) is 14.9. The molecule has 0 aliphatic rings. The number of Topliss-reactive ketones (excluding diaryl/α,β-unsaturated/α-hetero) is 1. The summed E-state index contributed by atoms with van der Waals surface area (Å²) in [5, 5.41) is 2.58. The van der Waals surface area contributed by atoms with Gasteiger partial charge in [-0.15, -0.1) is 0 Å². The minimum absolute atomic E-state index is 0.0287. The summed E-state index contributed by atoms with van der Waals surface area (Å²) in [5.41, 5.74) is 1.65. The maximum absolute atomic E-state index is 13.5. The molecule has 0 atom stereocenters. The van der Waals surface area contributed by atoms with Crippen molar-refractivity contribution in [1.29, 1.82) is 0 Å². The number of anilines is 1. The van der Waals surface area contributed by atoms with E-state index in [0.29, 0.717) is 17.7 Å². The maximum atomic E-state index is 13.5. The van der Waals surface area contributed by atoms with Gasteiger partial charge in [-0.1, -0.05) is 36.4 Å². The SMILES string of the molecule is O=C(/C=C/c1c(F)cccc1F)Nc1ccc(C(=O)Cc2ccccc2)cc1. The first-order valence-corrected chi connectivity index (χ1v) is 8.63. The molecule has 1 amide bonds. The predicted molar refractivity (Wildman–Crippen MR) is 105 cm³/mol. The van der Waals surface area contributed by atoms with Crippen molar-refractivity contribution in [3.05, 3.63) is 107 Å². The van der Waals surface area contributed by atoms with E-state index in [1.807, 2.05) is 30.3 Å². The summed E-state index contributed by atoms with van der Waals surface area (Å²) < 4.78 is 27.1. The predicted octanol–water partition coefficient (Wildman–Crippen LogP) is 5.04. The molecule has 0 saturated carbocycles. The van der Waals surface area contributed by atoms with Gasteiger partial charge in [0.1, 0.15) is 11.6 Å². The van der Waals surface area contributed by atoms with Gasteiger partial charge in [0.15, 0.2) is 5.78 Å². The lowest BCUT2D eigenvalue weighted by Gasteiger charge is -2.05. The van der Waals surface area contributed by atoms with Crippen LogP contribution in [0, 0.1) is 11.6 Å². The summed E-state index contributed by atoms with van der Waals surface area (Å²) in [6.07, 6.45) is 2.43. The van der Waals surface area contributed by atoms with Crippen LogP contribution in [0.3, 0.4) is 0 Å². The average Bonchev–Trinajstić information content (AvgIpc) is 2.69. The number of amides is 1. The van der Waals surface area contributed by atoms with Crippen molar-refractivity contribution in [2.45, 2.75) is 6.42 Å². The Balaban J connectivity index is 1.61. The molecule has 3 nitrogen and oxygen atoms in total. The molecule has 0 fully saturated rings. The third-order valence-electron chi connectivity index (χ3n) is 4.08. The second-order valence-corrected chi connectivity index (χ2v) is 6.12. The van der Waals surface area contributed by atoms with Crippen LogP contribution in [0.4, 0.5) is 14.5 Å². The van der Waals surface area contributed by atoms with Gasteiger partial charge in [0, 0.05) is 29.3 Å². The normalized spacial score (nSPS) is 10.8. The molecular formula is C23H17F2NO2. The van der Waals surface area contributed by atoms with E-state index in [1.165, 1.54) is 6.07 Å². The van der Waals surface area contributed by atoms with E-state index in [2.05, 4.69) is 5.32 Å². The van der Waals surface area contributed by atoms with E-state index in [4.69, 9.17) is 0 Å². The van der Waals surface area contributed by atoms with Crippen molar-refractivity contribution >= 4 is 23.5 Å². The van der Waals surface area contributed by atoms with Crippen molar-refractivity contribution < 1.29 is 18.4 Å². The Hall–Kier alpha value is -3.60. The lowest BCUT2D eigenvalue weighted by atomic mass is 10.0. The van der Waals surface area contributed by atoms with Gasteiger partial charge in [-0.25, -0.2) is 8.78 Å². The van der Waals surface area contributed by atoms with Gasteiger partial charge in [-0.05, 0) is 48.0 Å². The summed E-state index contributed by atoms with van der Waals surface area (Å²) in [6.45, 7) is 0. The van der Waals surface area contributed by atoms with Crippen LogP contribution in [0.1, 0.15) is 21.5 Å². The molecule has 0 heterocycles. The molecule has 0 aromatic heterocycles. The molecule has 140 valence electrons. The summed E-state index contributed by atoms with van der Waals surface area (Å²) in [6, 6.07) is 19.4. The monoisotopic (exact) mass is 377 g/mol. The number of hydrogen-bond donors (Lipinski definition) is 1. The van der Waals surface area contributed by atoms with Gasteiger partial charge in [-0.3, -0.25) is 9.59 Å². The molecule has 0 bridgehead atoms. The highest BCUT2D eigenvalue weighted by Crippen LogP contribution is 2.15. The minimum atomic E-state index is -0.745. The standard InChI is InChI=1S/C23H17F2NO2/c24-20-7-4-8-21(25)19(20)13-14-23(28)26-18-11-9-17(10-12-18)22(27)15-16-5-2-1-3-6-16/h1-14H,15H2,(H,26,28)/b14-13+. The molecule has 0 unspecified atom stereocenters. The van der Waals surface area contributed by atoms with Crippen molar-refractivity contribution in [1.82, 2.24) is 0 Å². The Labute approximate surface area is 161 Å². The maximum Gasteiger partial charge on any atom is 0.248 e. The van der Waals surface area contributed by atoms with E-state index in [9.17, 15) is 18.4 Å². The summed E-state index contributed by atoms with van der Waals surface area (Å²) >= 11 is 0. The first kappa shape index (κ1) is 19.2. The quantitative estimate of drug-likeness (QED) is 0.483. The van der Waals surface area contributed by atoms with Crippen LogP contribution < -0.4 is 5.32 Å². The first-order valence-electron chi connectivity index (χ1n) is 8.63. The lowest BCUT2D eigenvalue weighted by molar-refractivity contribution is -0.111. The van der Waals surface area contributed by atoms with E-state index in [1.54, 1.807) is 24.3 Å². The molecule has 0 spiro atoms. The number of carbonyl (C=O) groups excluding carboxylic acids is 2. The van der Waals surface area contributed by atoms with E-state index < -0.39 is 17.5 Å². The second-order valence-electron chi connectivity index (χ2n) is 6.12. The molecule has 1 N–H and O–H groups in total. The number of benzene rings is 3. The molecule has 3 rings (SSSR count). The van der Waals surface area contributed by atoms with Gasteiger partial charge in [0.05, 0.1) is 0 Å². The molecule has 5 heteroatoms. The Morgan fingerprint density at radius 1 is 0.821 bits per heavy atom. The molecule has 0 aliphatic carbocycles. The van der Waals surface area contributed by atoms with E-state index in [0.717, 1.165) is 29.8 Å². The lowest BCUT2D eigenvalue weighted by Crippen LogP contribution is -2.08. The van der Waals surface area contributed by atoms with E-state index in [-0.39, 0.29) is 11.3 Å². The number of hydrogen-bond acceptors (Lipinski definition) is 2. The number of halogens is 2. The van der Waals surface area contributed by atoms with Gasteiger partial charge < -0.3 is 5.32 Å². The smallest absolute Gasteiger partial charge is 0.248 e. The van der Waals surface area contributed by atoms with Gasteiger partial charge >= 0.3 is 0 Å². The van der Waals surface area contributed by atoms with Gasteiger partial charge in [-0.2, -0.15) is 0 Å². The van der Waals surface area contributed by atoms with Crippen LogP contribution in [-0.4, -0.2) is 11.7 Å². The van der Waals surface area contributed by atoms with Crippen LogP contribution >= 0.6 is 0 Å². The Bertz CT molecular complexity index is 992. The summed E-state index contributed by atoms with van der Waals surface area (Å²) in [7, 11) is 0. The Morgan fingerprint density at radius 2 is 1.46 bits per heavy atom. The molecule has 3 aromatic carbocycles. The number of ketones is 1. The number of rotatable bonds is 6. The molecule has 0 saturated heterocycles. The third-order valence-corrected chi connectivity index (χ3v) is 4.08. The van der Waals surface area contributed by atoms with Crippen LogP contribution in [0.25, 0.3) is 6.08 Å². The second kappa shape index (κ2) is 8.86. The van der Waals surface area contributed by atoms with Crippen LogP contribution in [0.5, 0.6) is 0 Å². The van der Waals surface area contributed by atoms with Crippen molar-refractivity contribution in [3.8, 4) is 0 Å². The Morgan fingerprint density at radius 3 is 2.11 bits per heavy atom. The Kier molecular flexibility index (Phi) is 6.07. The molecule has 0 aliphatic heterocycles. The summed E-state index contributed by atoms with van der Waals surface area (Å²) in [4.78, 5) is 24.3. The largest absolute Gasteiger partial charge is 0.323 e. The zero-order valence-electron chi connectivity index (χ0n) is 14.9. The zero-order chi connectivity index (χ0) is 19.9. The first-order chi connectivity index (χ1) is 13.5. The van der Waals surface area contributed by atoms with E-state index >= 15 is 0 Å². The summed E-state index contributed by atoms with van der Waals surface area (Å²) in [5.74, 6) is -2.05. The fourth-order valence-corrected chi connectivity index (χ4v) is 2.64. The highest BCUT2D eigenvalue weighted by Gasteiger charge is 2.08. The highest BCUT2D eigenvalue weighted by atomic mass is 19.1. The van der Waals surface area contributed by atoms with Crippen LogP contribution in [0.2, 0.25) is 0 Å². The topological polar surface area (TPSA) is 46.2 Å². The third kappa shape index (κ3) is 4.98. The molecule has 3 aromatic rings. The molecular weight excluding hydrogens is 360 g/mol. The van der Waals surface area contributed by atoms with Crippen molar-refractivity contribution in [3.63, 3.8) is 0 Å². The van der Waals surface area contributed by atoms with Crippen molar-refractivity contribution in [2.24, 2.45) is 0 Å².